The van der Waals surface area contributed by atoms with Gasteiger partial charge in [0.2, 0.25) is 5.95 Å². The second-order valence-corrected chi connectivity index (χ2v) is 4.57. The fraction of sp³-hybridized carbons (Fsp3) is 0.600. The zero-order valence-corrected chi connectivity index (χ0v) is 11.1. The molecule has 0 radical (unpaired) electrons. The van der Waals surface area contributed by atoms with Crippen LogP contribution in [0.4, 0.5) is 11.8 Å². The van der Waals surface area contributed by atoms with E-state index in [4.69, 9.17) is 4.74 Å². The van der Waals surface area contributed by atoms with E-state index < -0.39 is 0 Å². The molecule has 2 rings (SSSR count). The van der Waals surface area contributed by atoms with Gasteiger partial charge < -0.3 is 20.1 Å². The number of hydrogen-bond donors (Lipinski definition) is 2. The second kappa shape index (κ2) is 5.61. The molecule has 1 saturated heterocycles. The molecule has 1 atom stereocenters. The van der Waals surface area contributed by atoms with E-state index in [1.54, 1.807) is 13.2 Å². The van der Waals surface area contributed by atoms with Gasteiger partial charge in [-0.1, -0.05) is 0 Å². The first-order chi connectivity index (χ1) is 8.26. The number of aliphatic hydroxyl groups is 1. The average Bonchev–Trinajstić information content (AvgIpc) is 2.39. The van der Waals surface area contributed by atoms with Crippen LogP contribution >= 0.6 is 15.9 Å². The van der Waals surface area contributed by atoms with E-state index in [0.29, 0.717) is 25.7 Å². The van der Waals surface area contributed by atoms with Gasteiger partial charge in [-0.15, -0.1) is 0 Å². The lowest BCUT2D eigenvalue weighted by Gasteiger charge is -2.35. The molecule has 1 aliphatic rings. The minimum atomic E-state index is -0.0559. The van der Waals surface area contributed by atoms with Gasteiger partial charge in [-0.3, -0.25) is 0 Å². The standard InChI is InChI=1S/C10H15BrN4O2/c1-12-10-13-4-8(11)9(14-10)15-2-3-17-6-7(15)5-16/h4,7,16H,2-3,5-6H2,1H3,(H,12,13,14). The number of aromatic nitrogens is 2. The molecule has 1 fully saturated rings. The fourth-order valence-electron chi connectivity index (χ4n) is 1.76. The Labute approximate surface area is 108 Å². The summed E-state index contributed by atoms with van der Waals surface area (Å²) in [6.45, 7) is 1.92. The molecule has 1 aromatic rings. The van der Waals surface area contributed by atoms with Crippen molar-refractivity contribution in [3.8, 4) is 0 Å². The molecule has 1 unspecified atom stereocenters. The highest BCUT2D eigenvalue weighted by Crippen LogP contribution is 2.27. The Bertz CT molecular complexity index is 391. The van der Waals surface area contributed by atoms with Crippen molar-refractivity contribution in [2.75, 3.05) is 43.6 Å². The molecule has 7 heteroatoms. The molecule has 6 nitrogen and oxygen atoms in total. The SMILES string of the molecule is CNc1ncc(Br)c(N2CCOCC2CO)n1. The van der Waals surface area contributed by atoms with Gasteiger partial charge in [-0.05, 0) is 15.9 Å². The maximum atomic E-state index is 9.34. The van der Waals surface area contributed by atoms with Gasteiger partial charge in [0, 0.05) is 19.8 Å². The summed E-state index contributed by atoms with van der Waals surface area (Å²) in [4.78, 5) is 10.6. The van der Waals surface area contributed by atoms with E-state index in [0.717, 1.165) is 10.3 Å². The Hall–Kier alpha value is -0.920. The summed E-state index contributed by atoms with van der Waals surface area (Å²) in [5.74, 6) is 1.35. The summed E-state index contributed by atoms with van der Waals surface area (Å²) < 4.78 is 6.16. The maximum absolute atomic E-state index is 9.34. The molecule has 0 aromatic carbocycles. The summed E-state index contributed by atoms with van der Waals surface area (Å²) in [6, 6.07) is -0.0559. The molecule has 2 N–H and O–H groups in total. The van der Waals surface area contributed by atoms with Crippen molar-refractivity contribution in [2.45, 2.75) is 6.04 Å². The first-order valence-electron chi connectivity index (χ1n) is 5.41. The van der Waals surface area contributed by atoms with E-state index in [1.807, 2.05) is 4.90 Å². The highest BCUT2D eigenvalue weighted by molar-refractivity contribution is 9.10. The first kappa shape index (κ1) is 12.5. The van der Waals surface area contributed by atoms with E-state index >= 15 is 0 Å². The van der Waals surface area contributed by atoms with Crippen molar-refractivity contribution >= 4 is 27.7 Å². The fourth-order valence-corrected chi connectivity index (χ4v) is 2.18. The van der Waals surface area contributed by atoms with Crippen molar-refractivity contribution in [3.05, 3.63) is 10.7 Å². The van der Waals surface area contributed by atoms with E-state index in [-0.39, 0.29) is 12.6 Å². The van der Waals surface area contributed by atoms with Gasteiger partial charge in [0.15, 0.2) is 0 Å². The molecular formula is C10H15BrN4O2. The van der Waals surface area contributed by atoms with Gasteiger partial charge >= 0.3 is 0 Å². The number of rotatable bonds is 3. The number of aliphatic hydroxyl groups excluding tert-OH is 1. The molecule has 0 spiro atoms. The van der Waals surface area contributed by atoms with Gasteiger partial charge in [-0.25, -0.2) is 4.98 Å². The molecule has 1 aliphatic heterocycles. The quantitative estimate of drug-likeness (QED) is 0.846. The highest BCUT2D eigenvalue weighted by Gasteiger charge is 2.25. The monoisotopic (exact) mass is 302 g/mol. The Morgan fingerprint density at radius 2 is 2.53 bits per heavy atom. The molecule has 0 amide bonds. The molecular weight excluding hydrogens is 288 g/mol. The minimum absolute atomic E-state index is 0.0470. The summed E-state index contributed by atoms with van der Waals surface area (Å²) in [6.07, 6.45) is 1.71. The topological polar surface area (TPSA) is 70.5 Å². The Kier molecular flexibility index (Phi) is 4.14. The van der Waals surface area contributed by atoms with E-state index in [9.17, 15) is 5.11 Å². The number of halogens is 1. The summed E-state index contributed by atoms with van der Waals surface area (Å²) in [7, 11) is 1.77. The maximum Gasteiger partial charge on any atom is 0.224 e. The zero-order valence-electron chi connectivity index (χ0n) is 9.56. The predicted octanol–water partition coefficient (Wildman–Crippen LogP) is 0.478. The number of nitrogens with zero attached hydrogens (tertiary/aromatic N) is 3. The van der Waals surface area contributed by atoms with E-state index in [2.05, 4.69) is 31.2 Å². The van der Waals surface area contributed by atoms with Crippen LogP contribution in [0.2, 0.25) is 0 Å². The van der Waals surface area contributed by atoms with Crippen molar-refractivity contribution in [2.24, 2.45) is 0 Å². The first-order valence-corrected chi connectivity index (χ1v) is 6.21. The van der Waals surface area contributed by atoms with E-state index in [1.165, 1.54) is 0 Å². The van der Waals surface area contributed by atoms with Gasteiger partial charge in [0.05, 0.1) is 30.3 Å². The van der Waals surface area contributed by atoms with Crippen molar-refractivity contribution < 1.29 is 9.84 Å². The molecule has 17 heavy (non-hydrogen) atoms. The predicted molar refractivity (Wildman–Crippen MR) is 68.3 cm³/mol. The lowest BCUT2D eigenvalue weighted by molar-refractivity contribution is 0.0722. The Morgan fingerprint density at radius 3 is 3.24 bits per heavy atom. The number of hydrogen-bond acceptors (Lipinski definition) is 6. The normalized spacial score (nSPS) is 20.4. The highest BCUT2D eigenvalue weighted by atomic mass is 79.9. The molecule has 0 aliphatic carbocycles. The third-order valence-electron chi connectivity index (χ3n) is 2.66. The molecule has 1 aromatic heterocycles. The van der Waals surface area contributed by atoms with Crippen LogP contribution in [-0.2, 0) is 4.74 Å². The third kappa shape index (κ3) is 2.67. The molecule has 2 heterocycles. The van der Waals surface area contributed by atoms with Gasteiger partial charge in [0.25, 0.3) is 0 Å². The Morgan fingerprint density at radius 1 is 1.71 bits per heavy atom. The number of morpholine rings is 1. The smallest absolute Gasteiger partial charge is 0.224 e. The minimum Gasteiger partial charge on any atom is -0.394 e. The van der Waals surface area contributed by atoms with Crippen LogP contribution in [0.1, 0.15) is 0 Å². The number of anilines is 2. The lowest BCUT2D eigenvalue weighted by atomic mass is 10.2. The van der Waals surface area contributed by atoms with Crippen LogP contribution in [-0.4, -0.2) is 54.5 Å². The third-order valence-corrected chi connectivity index (χ3v) is 3.22. The van der Waals surface area contributed by atoms with Crippen LogP contribution in [0.15, 0.2) is 10.7 Å². The molecule has 0 saturated carbocycles. The summed E-state index contributed by atoms with van der Waals surface area (Å²) >= 11 is 3.43. The number of nitrogens with one attached hydrogen (secondary N) is 1. The number of ether oxygens (including phenoxy) is 1. The van der Waals surface area contributed by atoms with Gasteiger partial charge in [-0.2, -0.15) is 4.98 Å². The lowest BCUT2D eigenvalue weighted by Crippen LogP contribution is -2.48. The van der Waals surface area contributed by atoms with Crippen molar-refractivity contribution in [1.82, 2.24) is 9.97 Å². The zero-order chi connectivity index (χ0) is 12.3. The molecule has 0 bridgehead atoms. The van der Waals surface area contributed by atoms with Crippen LogP contribution in [0.5, 0.6) is 0 Å². The van der Waals surface area contributed by atoms with Gasteiger partial charge in [0.1, 0.15) is 5.82 Å². The van der Waals surface area contributed by atoms with Crippen LogP contribution in [0.3, 0.4) is 0 Å². The van der Waals surface area contributed by atoms with Crippen molar-refractivity contribution in [1.29, 1.82) is 0 Å². The molecule has 94 valence electrons. The second-order valence-electron chi connectivity index (χ2n) is 3.72. The largest absolute Gasteiger partial charge is 0.394 e. The van der Waals surface area contributed by atoms with Crippen LogP contribution in [0.25, 0.3) is 0 Å². The van der Waals surface area contributed by atoms with Crippen LogP contribution in [0, 0.1) is 0 Å². The Balaban J connectivity index is 2.30. The average molecular weight is 303 g/mol. The van der Waals surface area contributed by atoms with Crippen molar-refractivity contribution in [3.63, 3.8) is 0 Å². The van der Waals surface area contributed by atoms with Crippen LogP contribution < -0.4 is 10.2 Å². The summed E-state index contributed by atoms with van der Waals surface area (Å²) in [5, 5.41) is 12.2. The summed E-state index contributed by atoms with van der Waals surface area (Å²) in [5.41, 5.74) is 0.